The maximum Gasteiger partial charge on any atom is 0.0933 e. The highest BCUT2D eigenvalue weighted by molar-refractivity contribution is 5.23. The van der Waals surface area contributed by atoms with Crippen LogP contribution in [0, 0.1) is 0 Å². The van der Waals surface area contributed by atoms with Gasteiger partial charge >= 0.3 is 0 Å². The highest BCUT2D eigenvalue weighted by atomic mass is 16.6. The summed E-state index contributed by atoms with van der Waals surface area (Å²) in [5.74, 6) is 0. The predicted octanol–water partition coefficient (Wildman–Crippen LogP) is 2.75. The molecule has 20 heavy (non-hydrogen) atoms. The van der Waals surface area contributed by atoms with Crippen molar-refractivity contribution >= 4 is 0 Å². The molecule has 1 aliphatic heterocycles. The fraction of sp³-hybridized carbons (Fsp3) is 0.647. The van der Waals surface area contributed by atoms with E-state index in [0.29, 0.717) is 12.6 Å². The lowest BCUT2D eigenvalue weighted by Crippen LogP contribution is -2.42. The molecule has 112 valence electrons. The van der Waals surface area contributed by atoms with Crippen LogP contribution >= 0.6 is 0 Å². The van der Waals surface area contributed by atoms with Crippen molar-refractivity contribution in [3.05, 3.63) is 35.9 Å². The van der Waals surface area contributed by atoms with Crippen molar-refractivity contribution in [3.63, 3.8) is 0 Å². The molecule has 2 atom stereocenters. The largest absolute Gasteiger partial charge is 0.376 e. The van der Waals surface area contributed by atoms with Gasteiger partial charge in [0.25, 0.3) is 0 Å². The number of ether oxygens (including phenoxy) is 2. The molecule has 1 saturated heterocycles. The first-order valence-corrected chi connectivity index (χ1v) is 7.56. The number of nitrogens with one attached hydrogen (secondary N) is 1. The van der Waals surface area contributed by atoms with Crippen LogP contribution in [0.2, 0.25) is 0 Å². The van der Waals surface area contributed by atoms with E-state index in [1.54, 1.807) is 0 Å². The van der Waals surface area contributed by atoms with E-state index in [9.17, 15) is 0 Å². The normalized spacial score (nSPS) is 21.6. The monoisotopic (exact) mass is 277 g/mol. The van der Waals surface area contributed by atoms with Crippen molar-refractivity contribution in [1.29, 1.82) is 0 Å². The Balaban J connectivity index is 1.79. The number of benzene rings is 1. The maximum absolute atomic E-state index is 5.66. The summed E-state index contributed by atoms with van der Waals surface area (Å²) in [6, 6.07) is 11.2. The Labute approximate surface area is 122 Å². The SMILES string of the molecule is CC(CC(C)(C)c1ccccc1)NCC1COCCO1. The fourth-order valence-corrected chi connectivity index (χ4v) is 2.83. The predicted molar refractivity (Wildman–Crippen MR) is 82.1 cm³/mol. The summed E-state index contributed by atoms with van der Waals surface area (Å²) in [6.07, 6.45) is 1.30. The van der Waals surface area contributed by atoms with Gasteiger partial charge in [0.15, 0.2) is 0 Å². The van der Waals surface area contributed by atoms with Crippen molar-refractivity contribution in [2.24, 2.45) is 0 Å². The van der Waals surface area contributed by atoms with Crippen molar-refractivity contribution in [3.8, 4) is 0 Å². The minimum absolute atomic E-state index is 0.178. The van der Waals surface area contributed by atoms with Crippen molar-refractivity contribution in [2.45, 2.75) is 44.8 Å². The van der Waals surface area contributed by atoms with Crippen LogP contribution < -0.4 is 5.32 Å². The second kappa shape index (κ2) is 7.21. The van der Waals surface area contributed by atoms with Gasteiger partial charge in [-0.15, -0.1) is 0 Å². The molecule has 1 aromatic carbocycles. The van der Waals surface area contributed by atoms with E-state index in [2.05, 4.69) is 56.4 Å². The molecule has 1 aromatic rings. The van der Waals surface area contributed by atoms with Crippen molar-refractivity contribution < 1.29 is 9.47 Å². The van der Waals surface area contributed by atoms with Crippen LogP contribution in [0.4, 0.5) is 0 Å². The molecule has 0 aliphatic carbocycles. The minimum atomic E-state index is 0.178. The molecule has 0 saturated carbocycles. The Kier molecular flexibility index (Phi) is 5.58. The Hall–Kier alpha value is -0.900. The standard InChI is InChI=1S/C17H27NO2/c1-14(18-12-16-13-19-9-10-20-16)11-17(2,3)15-7-5-4-6-8-15/h4-8,14,16,18H,9-13H2,1-3H3. The summed E-state index contributed by atoms with van der Waals surface area (Å²) < 4.78 is 11.1. The highest BCUT2D eigenvalue weighted by Crippen LogP contribution is 2.28. The molecule has 1 N–H and O–H groups in total. The number of hydrogen-bond acceptors (Lipinski definition) is 3. The molecule has 2 rings (SSSR count). The topological polar surface area (TPSA) is 30.5 Å². The number of rotatable bonds is 6. The first-order chi connectivity index (χ1) is 9.58. The van der Waals surface area contributed by atoms with E-state index in [1.807, 2.05) is 0 Å². The van der Waals surface area contributed by atoms with Gasteiger partial charge in [0.2, 0.25) is 0 Å². The first-order valence-electron chi connectivity index (χ1n) is 7.56. The molecule has 0 spiro atoms. The molecule has 0 amide bonds. The van der Waals surface area contributed by atoms with Crippen molar-refractivity contribution in [2.75, 3.05) is 26.4 Å². The van der Waals surface area contributed by atoms with Gasteiger partial charge in [-0.3, -0.25) is 0 Å². The molecule has 1 aliphatic rings. The van der Waals surface area contributed by atoms with Crippen LogP contribution in [0.3, 0.4) is 0 Å². The molecular weight excluding hydrogens is 250 g/mol. The third-order valence-corrected chi connectivity index (χ3v) is 3.95. The smallest absolute Gasteiger partial charge is 0.0933 e. The molecule has 0 radical (unpaired) electrons. The van der Waals surface area contributed by atoms with Crippen LogP contribution in [-0.4, -0.2) is 38.5 Å². The molecule has 3 heteroatoms. The molecule has 2 unspecified atom stereocenters. The molecule has 1 fully saturated rings. The lowest BCUT2D eigenvalue weighted by molar-refractivity contribution is -0.0870. The van der Waals surface area contributed by atoms with Gasteiger partial charge in [0.1, 0.15) is 0 Å². The Morgan fingerprint density at radius 3 is 2.65 bits per heavy atom. The summed E-state index contributed by atoms with van der Waals surface area (Å²) in [5.41, 5.74) is 1.57. The third kappa shape index (κ3) is 4.58. The van der Waals surface area contributed by atoms with Gasteiger partial charge in [0.05, 0.1) is 25.9 Å². The second-order valence-electron chi connectivity index (χ2n) is 6.33. The summed E-state index contributed by atoms with van der Waals surface area (Å²) >= 11 is 0. The van der Waals surface area contributed by atoms with E-state index in [-0.39, 0.29) is 11.5 Å². The summed E-state index contributed by atoms with van der Waals surface area (Å²) in [4.78, 5) is 0. The average Bonchev–Trinajstić information content (AvgIpc) is 2.47. The van der Waals surface area contributed by atoms with E-state index in [0.717, 1.165) is 26.2 Å². The van der Waals surface area contributed by atoms with Crippen LogP contribution in [0.15, 0.2) is 30.3 Å². The number of hydrogen-bond donors (Lipinski definition) is 1. The quantitative estimate of drug-likeness (QED) is 0.867. The van der Waals surface area contributed by atoms with E-state index >= 15 is 0 Å². The summed E-state index contributed by atoms with van der Waals surface area (Å²) in [6.45, 7) is 9.88. The minimum Gasteiger partial charge on any atom is -0.376 e. The van der Waals surface area contributed by atoms with Gasteiger partial charge in [-0.05, 0) is 24.3 Å². The molecule has 0 aromatic heterocycles. The maximum atomic E-state index is 5.66. The van der Waals surface area contributed by atoms with E-state index < -0.39 is 0 Å². The molecule has 0 bridgehead atoms. The van der Waals surface area contributed by atoms with Crippen LogP contribution in [0.5, 0.6) is 0 Å². The second-order valence-corrected chi connectivity index (χ2v) is 6.33. The summed E-state index contributed by atoms with van der Waals surface area (Å²) in [7, 11) is 0. The van der Waals surface area contributed by atoms with E-state index in [1.165, 1.54) is 5.56 Å². The zero-order chi connectivity index (χ0) is 14.4. The average molecular weight is 277 g/mol. The van der Waals surface area contributed by atoms with Crippen molar-refractivity contribution in [1.82, 2.24) is 5.32 Å². The molecule has 3 nitrogen and oxygen atoms in total. The lowest BCUT2D eigenvalue weighted by atomic mass is 9.79. The van der Waals surface area contributed by atoms with Crippen LogP contribution in [0.25, 0.3) is 0 Å². The van der Waals surface area contributed by atoms with Gasteiger partial charge in [-0.2, -0.15) is 0 Å². The third-order valence-electron chi connectivity index (χ3n) is 3.95. The zero-order valence-electron chi connectivity index (χ0n) is 12.9. The highest BCUT2D eigenvalue weighted by Gasteiger charge is 2.23. The van der Waals surface area contributed by atoms with Gasteiger partial charge in [-0.25, -0.2) is 0 Å². The first kappa shape index (κ1) is 15.5. The Bertz CT molecular complexity index is 385. The Morgan fingerprint density at radius 1 is 1.25 bits per heavy atom. The Morgan fingerprint density at radius 2 is 2.00 bits per heavy atom. The zero-order valence-corrected chi connectivity index (χ0v) is 12.9. The van der Waals surface area contributed by atoms with Gasteiger partial charge in [0, 0.05) is 12.6 Å². The molecule has 1 heterocycles. The fourth-order valence-electron chi connectivity index (χ4n) is 2.83. The van der Waals surface area contributed by atoms with Gasteiger partial charge < -0.3 is 14.8 Å². The van der Waals surface area contributed by atoms with Crippen LogP contribution in [-0.2, 0) is 14.9 Å². The van der Waals surface area contributed by atoms with Gasteiger partial charge in [-0.1, -0.05) is 44.2 Å². The summed E-state index contributed by atoms with van der Waals surface area (Å²) in [5, 5.41) is 3.57. The van der Waals surface area contributed by atoms with Crippen LogP contribution in [0.1, 0.15) is 32.8 Å². The molecular formula is C17H27NO2. The van der Waals surface area contributed by atoms with E-state index in [4.69, 9.17) is 9.47 Å². The lowest BCUT2D eigenvalue weighted by Gasteiger charge is -2.31.